The summed E-state index contributed by atoms with van der Waals surface area (Å²) in [7, 11) is 4.06. The molecule has 1 saturated heterocycles. The number of nitrogens with one attached hydrogen (secondary N) is 1. The summed E-state index contributed by atoms with van der Waals surface area (Å²) in [5.74, 6) is 1.80. The number of rotatable bonds is 3. The Kier molecular flexibility index (Phi) is 3.38. The van der Waals surface area contributed by atoms with E-state index in [0.717, 1.165) is 31.2 Å². The first-order chi connectivity index (χ1) is 7.31. The van der Waals surface area contributed by atoms with Gasteiger partial charge in [-0.2, -0.15) is 0 Å². The Morgan fingerprint density at radius 2 is 2.47 bits per heavy atom. The molecule has 15 heavy (non-hydrogen) atoms. The minimum absolute atomic E-state index is 0.379. The summed E-state index contributed by atoms with van der Waals surface area (Å²) in [5, 5.41) is 3.06. The van der Waals surface area contributed by atoms with Gasteiger partial charge in [0.2, 0.25) is 5.89 Å². The third-order valence-electron chi connectivity index (χ3n) is 2.98. The molecule has 1 aliphatic heterocycles. The zero-order valence-electron chi connectivity index (χ0n) is 9.49. The summed E-state index contributed by atoms with van der Waals surface area (Å²) < 4.78 is 5.72. The van der Waals surface area contributed by atoms with E-state index >= 15 is 0 Å². The Morgan fingerprint density at radius 3 is 3.20 bits per heavy atom. The maximum Gasteiger partial charge on any atom is 0.211 e. The van der Waals surface area contributed by atoms with Gasteiger partial charge in [0.1, 0.15) is 5.76 Å². The van der Waals surface area contributed by atoms with Crippen molar-refractivity contribution in [2.45, 2.75) is 31.8 Å². The van der Waals surface area contributed by atoms with E-state index in [-0.39, 0.29) is 0 Å². The molecule has 1 unspecified atom stereocenters. The third kappa shape index (κ3) is 2.38. The van der Waals surface area contributed by atoms with Gasteiger partial charge in [-0.25, -0.2) is 4.98 Å². The highest BCUT2D eigenvalue weighted by molar-refractivity contribution is 4.99. The number of aromatic nitrogens is 1. The van der Waals surface area contributed by atoms with Crippen LogP contribution in [0, 0.1) is 0 Å². The lowest BCUT2D eigenvalue weighted by Crippen LogP contribution is -2.29. The fraction of sp³-hybridized carbons (Fsp3) is 0.727. The van der Waals surface area contributed by atoms with E-state index in [2.05, 4.69) is 22.2 Å². The maximum atomic E-state index is 5.72. The second-order valence-corrected chi connectivity index (χ2v) is 4.19. The first kappa shape index (κ1) is 10.6. The molecule has 0 aliphatic carbocycles. The summed E-state index contributed by atoms with van der Waals surface area (Å²) in [6.07, 6.45) is 5.56. The molecule has 0 amide bonds. The van der Waals surface area contributed by atoms with Crippen LogP contribution in [-0.2, 0) is 6.54 Å². The summed E-state index contributed by atoms with van der Waals surface area (Å²) >= 11 is 0. The van der Waals surface area contributed by atoms with Crippen molar-refractivity contribution in [3.05, 3.63) is 17.8 Å². The van der Waals surface area contributed by atoms with E-state index in [9.17, 15) is 0 Å². The highest BCUT2D eigenvalue weighted by Gasteiger charge is 2.24. The van der Waals surface area contributed by atoms with Gasteiger partial charge in [-0.05, 0) is 33.5 Å². The molecule has 2 heterocycles. The zero-order chi connectivity index (χ0) is 10.7. The molecular formula is C11H19N3O. The molecular weight excluding hydrogens is 190 g/mol. The predicted octanol–water partition coefficient (Wildman–Crippen LogP) is 1.55. The van der Waals surface area contributed by atoms with Gasteiger partial charge in [-0.1, -0.05) is 6.42 Å². The molecule has 1 aromatic rings. The molecule has 4 nitrogen and oxygen atoms in total. The van der Waals surface area contributed by atoms with Crippen molar-refractivity contribution in [3.63, 3.8) is 0 Å². The molecule has 4 heteroatoms. The number of hydrogen-bond acceptors (Lipinski definition) is 4. The second-order valence-electron chi connectivity index (χ2n) is 4.19. The summed E-state index contributed by atoms with van der Waals surface area (Å²) in [6.45, 7) is 1.90. The Morgan fingerprint density at radius 1 is 1.60 bits per heavy atom. The van der Waals surface area contributed by atoms with Crippen LogP contribution < -0.4 is 5.32 Å². The molecule has 1 N–H and O–H groups in total. The summed E-state index contributed by atoms with van der Waals surface area (Å²) in [6, 6.07) is 0.379. The van der Waals surface area contributed by atoms with Gasteiger partial charge < -0.3 is 9.73 Å². The highest BCUT2D eigenvalue weighted by Crippen LogP contribution is 2.28. The Hall–Kier alpha value is -0.870. The van der Waals surface area contributed by atoms with Crippen molar-refractivity contribution in [2.24, 2.45) is 0 Å². The molecule has 0 saturated carbocycles. The standard InChI is InChI=1S/C11H19N3O/c1-12-7-9-8-13-11(15-9)10-5-3-4-6-14(10)2/h8,10,12H,3-7H2,1-2H3. The van der Waals surface area contributed by atoms with Crippen molar-refractivity contribution >= 4 is 0 Å². The Balaban J connectivity index is 2.06. The molecule has 1 aliphatic rings. The van der Waals surface area contributed by atoms with Crippen molar-refractivity contribution in [1.29, 1.82) is 0 Å². The van der Waals surface area contributed by atoms with Gasteiger partial charge in [-0.3, -0.25) is 4.90 Å². The lowest BCUT2D eigenvalue weighted by molar-refractivity contribution is 0.157. The van der Waals surface area contributed by atoms with Gasteiger partial charge >= 0.3 is 0 Å². The van der Waals surface area contributed by atoms with Crippen LogP contribution in [0.15, 0.2) is 10.6 Å². The number of likely N-dealkylation sites (tertiary alicyclic amines) is 1. The first-order valence-electron chi connectivity index (χ1n) is 5.60. The van der Waals surface area contributed by atoms with E-state index in [1.807, 2.05) is 13.2 Å². The average Bonchev–Trinajstić information content (AvgIpc) is 2.68. The van der Waals surface area contributed by atoms with Gasteiger partial charge in [0.05, 0.1) is 18.8 Å². The number of nitrogens with zero attached hydrogens (tertiary/aromatic N) is 2. The van der Waals surface area contributed by atoms with Crippen LogP contribution in [0.3, 0.4) is 0 Å². The topological polar surface area (TPSA) is 41.3 Å². The number of piperidine rings is 1. The normalized spacial score (nSPS) is 23.2. The lowest BCUT2D eigenvalue weighted by atomic mass is 10.0. The van der Waals surface area contributed by atoms with E-state index < -0.39 is 0 Å². The largest absolute Gasteiger partial charge is 0.443 e. The minimum atomic E-state index is 0.379. The third-order valence-corrected chi connectivity index (χ3v) is 2.98. The van der Waals surface area contributed by atoms with Crippen LogP contribution >= 0.6 is 0 Å². The van der Waals surface area contributed by atoms with Crippen LogP contribution in [0.5, 0.6) is 0 Å². The molecule has 0 radical (unpaired) electrons. The van der Waals surface area contributed by atoms with Gasteiger partial charge in [0.15, 0.2) is 0 Å². The van der Waals surface area contributed by atoms with Crippen molar-refractivity contribution in [2.75, 3.05) is 20.6 Å². The molecule has 84 valence electrons. The van der Waals surface area contributed by atoms with Crippen LogP contribution in [0.4, 0.5) is 0 Å². The smallest absolute Gasteiger partial charge is 0.211 e. The summed E-state index contributed by atoms with van der Waals surface area (Å²) in [4.78, 5) is 6.69. The van der Waals surface area contributed by atoms with Crippen molar-refractivity contribution in [1.82, 2.24) is 15.2 Å². The minimum Gasteiger partial charge on any atom is -0.443 e. The number of hydrogen-bond donors (Lipinski definition) is 1. The molecule has 0 bridgehead atoms. The van der Waals surface area contributed by atoms with Crippen LogP contribution in [0.25, 0.3) is 0 Å². The molecule has 0 spiro atoms. The fourth-order valence-corrected chi connectivity index (χ4v) is 2.12. The number of oxazole rings is 1. The molecule has 2 rings (SSSR count). The van der Waals surface area contributed by atoms with Gasteiger partial charge in [-0.15, -0.1) is 0 Å². The fourth-order valence-electron chi connectivity index (χ4n) is 2.12. The quantitative estimate of drug-likeness (QED) is 0.820. The van der Waals surface area contributed by atoms with E-state index in [4.69, 9.17) is 4.42 Å². The van der Waals surface area contributed by atoms with Crippen molar-refractivity contribution < 1.29 is 4.42 Å². The molecule has 1 aromatic heterocycles. The Bertz CT molecular complexity index is 311. The van der Waals surface area contributed by atoms with Crippen LogP contribution in [0.2, 0.25) is 0 Å². The monoisotopic (exact) mass is 209 g/mol. The molecule has 0 aromatic carbocycles. The van der Waals surface area contributed by atoms with Gasteiger partial charge in [0.25, 0.3) is 0 Å². The average molecular weight is 209 g/mol. The highest BCUT2D eigenvalue weighted by atomic mass is 16.4. The lowest BCUT2D eigenvalue weighted by Gasteiger charge is -2.29. The SMILES string of the molecule is CNCc1cnc(C2CCCCN2C)o1. The predicted molar refractivity (Wildman–Crippen MR) is 58.5 cm³/mol. The maximum absolute atomic E-state index is 5.72. The van der Waals surface area contributed by atoms with Crippen LogP contribution in [-0.4, -0.2) is 30.5 Å². The van der Waals surface area contributed by atoms with E-state index in [0.29, 0.717) is 6.04 Å². The summed E-state index contributed by atoms with van der Waals surface area (Å²) in [5.41, 5.74) is 0. The molecule has 1 atom stereocenters. The second kappa shape index (κ2) is 4.77. The molecule has 1 fully saturated rings. The Labute approximate surface area is 90.7 Å². The zero-order valence-corrected chi connectivity index (χ0v) is 9.49. The van der Waals surface area contributed by atoms with E-state index in [1.165, 1.54) is 12.8 Å². The van der Waals surface area contributed by atoms with E-state index in [1.54, 1.807) is 0 Å². The first-order valence-corrected chi connectivity index (χ1v) is 5.60. The van der Waals surface area contributed by atoms with Crippen molar-refractivity contribution in [3.8, 4) is 0 Å². The van der Waals surface area contributed by atoms with Crippen LogP contribution in [0.1, 0.15) is 37.0 Å². The van der Waals surface area contributed by atoms with Gasteiger partial charge in [0, 0.05) is 0 Å².